The Hall–Kier alpha value is -1.46. The van der Waals surface area contributed by atoms with E-state index < -0.39 is 18.2 Å². The molecule has 2 N–H and O–H groups in total. The molecular weight excluding hydrogens is 227 g/mol. The summed E-state index contributed by atoms with van der Waals surface area (Å²) in [5.41, 5.74) is 0.671. The van der Waals surface area contributed by atoms with Crippen LogP contribution in [0.25, 0.3) is 0 Å². The maximum absolute atomic E-state index is 12.8. The Morgan fingerprint density at radius 3 is 2.47 bits per heavy atom. The first-order chi connectivity index (χ1) is 8.02. The van der Waals surface area contributed by atoms with Crippen LogP contribution >= 0.6 is 0 Å². The molecule has 94 valence electrons. The summed E-state index contributed by atoms with van der Waals surface area (Å²) in [5, 5.41) is 18.2. The number of aliphatic carboxylic acids is 1. The maximum atomic E-state index is 12.8. The number of carboxylic acids is 1. The van der Waals surface area contributed by atoms with Gasteiger partial charge in [0.1, 0.15) is 5.82 Å². The molecule has 0 bridgehead atoms. The fourth-order valence-corrected chi connectivity index (χ4v) is 1.62. The van der Waals surface area contributed by atoms with Crippen LogP contribution in [-0.4, -0.2) is 29.6 Å². The molecule has 2 atom stereocenters. The molecule has 0 heterocycles. The second-order valence-corrected chi connectivity index (χ2v) is 3.77. The highest BCUT2D eigenvalue weighted by atomic mass is 19.1. The SMILES string of the molecule is CO[C@H](O)C[C@@H](CC(=O)O)c1ccc(F)cc1. The average molecular weight is 242 g/mol. The van der Waals surface area contributed by atoms with Gasteiger partial charge in [-0.25, -0.2) is 4.39 Å². The van der Waals surface area contributed by atoms with Crippen LogP contribution in [0, 0.1) is 5.82 Å². The van der Waals surface area contributed by atoms with Crippen molar-refractivity contribution in [2.45, 2.75) is 25.0 Å². The minimum absolute atomic E-state index is 0.133. The first-order valence-electron chi connectivity index (χ1n) is 5.21. The van der Waals surface area contributed by atoms with E-state index in [2.05, 4.69) is 0 Å². The number of ether oxygens (including phenoxy) is 1. The molecular formula is C12H15FO4. The second-order valence-electron chi connectivity index (χ2n) is 3.77. The lowest BCUT2D eigenvalue weighted by Gasteiger charge is -2.18. The molecule has 0 aliphatic rings. The number of aliphatic hydroxyl groups is 1. The number of aliphatic hydroxyl groups excluding tert-OH is 1. The van der Waals surface area contributed by atoms with Crippen molar-refractivity contribution in [1.82, 2.24) is 0 Å². The molecule has 0 saturated carbocycles. The number of halogens is 1. The van der Waals surface area contributed by atoms with Crippen LogP contribution in [-0.2, 0) is 9.53 Å². The van der Waals surface area contributed by atoms with Crippen molar-refractivity contribution < 1.29 is 24.1 Å². The van der Waals surface area contributed by atoms with Crippen LogP contribution in [0.2, 0.25) is 0 Å². The lowest BCUT2D eigenvalue weighted by atomic mass is 9.92. The number of methoxy groups -OCH3 is 1. The van der Waals surface area contributed by atoms with E-state index in [4.69, 9.17) is 9.84 Å². The summed E-state index contributed by atoms with van der Waals surface area (Å²) in [6.07, 6.45) is -0.995. The number of rotatable bonds is 6. The average Bonchev–Trinajstić information content (AvgIpc) is 2.28. The summed E-state index contributed by atoms with van der Waals surface area (Å²) < 4.78 is 17.4. The van der Waals surface area contributed by atoms with Gasteiger partial charge in [0.2, 0.25) is 0 Å². The predicted octanol–water partition coefficient (Wildman–Crippen LogP) is 1.74. The van der Waals surface area contributed by atoms with E-state index >= 15 is 0 Å². The maximum Gasteiger partial charge on any atom is 0.303 e. The molecule has 0 aromatic heterocycles. The monoisotopic (exact) mass is 242 g/mol. The number of carboxylic acid groups (broad SMARTS) is 1. The fraction of sp³-hybridized carbons (Fsp3) is 0.417. The van der Waals surface area contributed by atoms with Crippen LogP contribution < -0.4 is 0 Å². The van der Waals surface area contributed by atoms with E-state index in [1.54, 1.807) is 0 Å². The molecule has 1 aromatic carbocycles. The van der Waals surface area contributed by atoms with Gasteiger partial charge in [0, 0.05) is 13.5 Å². The van der Waals surface area contributed by atoms with Crippen LogP contribution in [0.15, 0.2) is 24.3 Å². The Labute approximate surface area is 98.7 Å². The Bertz CT molecular complexity index is 363. The summed E-state index contributed by atoms with van der Waals surface area (Å²) in [7, 11) is 1.34. The summed E-state index contributed by atoms with van der Waals surface area (Å²) in [6.45, 7) is 0. The van der Waals surface area contributed by atoms with Gasteiger partial charge in [-0.1, -0.05) is 12.1 Å². The number of carbonyl (C=O) groups is 1. The zero-order chi connectivity index (χ0) is 12.8. The van der Waals surface area contributed by atoms with Crippen LogP contribution in [0.4, 0.5) is 4.39 Å². The van der Waals surface area contributed by atoms with Gasteiger partial charge in [-0.15, -0.1) is 0 Å². The van der Waals surface area contributed by atoms with E-state index in [0.29, 0.717) is 5.56 Å². The van der Waals surface area contributed by atoms with Gasteiger partial charge in [-0.05, 0) is 23.6 Å². The summed E-state index contributed by atoms with van der Waals surface area (Å²) in [4.78, 5) is 10.7. The van der Waals surface area contributed by atoms with Gasteiger partial charge in [0.25, 0.3) is 0 Å². The topological polar surface area (TPSA) is 66.8 Å². The first kappa shape index (κ1) is 13.6. The largest absolute Gasteiger partial charge is 0.481 e. The summed E-state index contributed by atoms with van der Waals surface area (Å²) >= 11 is 0. The van der Waals surface area contributed by atoms with Gasteiger partial charge < -0.3 is 14.9 Å². The normalized spacial score (nSPS) is 14.3. The Kier molecular flexibility index (Phi) is 5.06. The van der Waals surface area contributed by atoms with Crippen molar-refractivity contribution in [2.24, 2.45) is 0 Å². The van der Waals surface area contributed by atoms with Crippen molar-refractivity contribution in [3.05, 3.63) is 35.6 Å². The minimum Gasteiger partial charge on any atom is -0.481 e. The zero-order valence-electron chi connectivity index (χ0n) is 9.47. The fourth-order valence-electron chi connectivity index (χ4n) is 1.62. The molecule has 0 amide bonds. The Morgan fingerprint density at radius 2 is 2.00 bits per heavy atom. The van der Waals surface area contributed by atoms with E-state index in [9.17, 15) is 14.3 Å². The molecule has 0 fully saturated rings. The predicted molar refractivity (Wildman–Crippen MR) is 59.0 cm³/mol. The zero-order valence-corrected chi connectivity index (χ0v) is 9.47. The first-order valence-corrected chi connectivity index (χ1v) is 5.21. The van der Waals surface area contributed by atoms with Crippen molar-refractivity contribution in [3.63, 3.8) is 0 Å². The molecule has 0 radical (unpaired) electrons. The van der Waals surface area contributed by atoms with E-state index in [1.165, 1.54) is 31.4 Å². The molecule has 0 spiro atoms. The molecule has 0 aliphatic heterocycles. The molecule has 17 heavy (non-hydrogen) atoms. The highest BCUT2D eigenvalue weighted by molar-refractivity contribution is 5.68. The van der Waals surface area contributed by atoms with Gasteiger partial charge in [0.15, 0.2) is 6.29 Å². The van der Waals surface area contributed by atoms with Gasteiger partial charge in [-0.3, -0.25) is 4.79 Å². The van der Waals surface area contributed by atoms with Crippen LogP contribution in [0.5, 0.6) is 0 Å². The van der Waals surface area contributed by atoms with Crippen molar-refractivity contribution >= 4 is 5.97 Å². The lowest BCUT2D eigenvalue weighted by Crippen LogP contribution is -2.16. The number of hydrogen-bond donors (Lipinski definition) is 2. The van der Waals surface area contributed by atoms with Crippen molar-refractivity contribution in [1.29, 1.82) is 0 Å². The number of hydrogen-bond acceptors (Lipinski definition) is 3. The molecule has 0 unspecified atom stereocenters. The number of benzene rings is 1. The Balaban J connectivity index is 2.81. The molecule has 5 heteroatoms. The molecule has 0 saturated heterocycles. The Morgan fingerprint density at radius 1 is 1.41 bits per heavy atom. The van der Waals surface area contributed by atoms with Crippen molar-refractivity contribution in [3.8, 4) is 0 Å². The summed E-state index contributed by atoms with van der Waals surface area (Å²) in [5.74, 6) is -1.75. The van der Waals surface area contributed by atoms with E-state index in [0.717, 1.165) is 0 Å². The van der Waals surface area contributed by atoms with Crippen LogP contribution in [0.3, 0.4) is 0 Å². The minimum atomic E-state index is -1.02. The third-order valence-corrected chi connectivity index (χ3v) is 2.52. The lowest BCUT2D eigenvalue weighted by molar-refractivity contribution is -0.138. The van der Waals surface area contributed by atoms with Gasteiger partial charge in [-0.2, -0.15) is 0 Å². The smallest absolute Gasteiger partial charge is 0.303 e. The van der Waals surface area contributed by atoms with Crippen molar-refractivity contribution in [2.75, 3.05) is 7.11 Å². The van der Waals surface area contributed by atoms with Crippen LogP contribution in [0.1, 0.15) is 24.3 Å². The highest BCUT2D eigenvalue weighted by Gasteiger charge is 2.19. The second kappa shape index (κ2) is 6.32. The third-order valence-electron chi connectivity index (χ3n) is 2.52. The third kappa shape index (κ3) is 4.50. The molecule has 4 nitrogen and oxygen atoms in total. The molecule has 1 rings (SSSR count). The summed E-state index contributed by atoms with van der Waals surface area (Å²) in [6, 6.07) is 5.57. The molecule has 0 aliphatic carbocycles. The van der Waals surface area contributed by atoms with Gasteiger partial charge in [0.05, 0.1) is 6.42 Å². The van der Waals surface area contributed by atoms with E-state index in [-0.39, 0.29) is 18.7 Å². The van der Waals surface area contributed by atoms with E-state index in [1.807, 2.05) is 0 Å². The molecule has 1 aromatic rings. The highest BCUT2D eigenvalue weighted by Crippen LogP contribution is 2.25. The quantitative estimate of drug-likeness (QED) is 0.746. The standard InChI is InChI=1S/C12H15FO4/c1-17-12(16)7-9(6-11(14)15)8-2-4-10(13)5-3-8/h2-5,9,12,16H,6-7H2,1H3,(H,14,15)/t9-,12+/m1/s1. The van der Waals surface area contributed by atoms with Gasteiger partial charge >= 0.3 is 5.97 Å².